The number of ether oxygens (including phenoxy) is 1. The van der Waals surface area contributed by atoms with Gasteiger partial charge >= 0.3 is 0 Å². The summed E-state index contributed by atoms with van der Waals surface area (Å²) in [4.78, 5) is 11.3. The molecule has 2 N–H and O–H groups in total. The molecule has 1 aromatic carbocycles. The molecule has 0 radical (unpaired) electrons. The van der Waals surface area contributed by atoms with Crippen LogP contribution in [0.1, 0.15) is 22.8 Å². The van der Waals surface area contributed by atoms with Crippen LogP contribution in [0, 0.1) is 6.92 Å². The summed E-state index contributed by atoms with van der Waals surface area (Å²) in [5.41, 5.74) is 3.32. The van der Waals surface area contributed by atoms with Gasteiger partial charge in [-0.05, 0) is 46.5 Å². The fraction of sp³-hybridized carbons (Fsp3) is 0.214. The number of carbonyl (C=O) groups is 1. The maximum atomic E-state index is 11.3. The molecule has 1 amide bonds. The fourth-order valence-corrected chi connectivity index (χ4v) is 2.97. The molecule has 2 aromatic rings. The number of carbonyl (C=O) groups excluding carboxylic acids is 1. The number of rotatable bonds is 2. The van der Waals surface area contributed by atoms with Gasteiger partial charge in [-0.2, -0.15) is 11.3 Å². The van der Waals surface area contributed by atoms with Crippen LogP contribution in [-0.4, -0.2) is 17.6 Å². The average molecular weight is 275 g/mol. The highest BCUT2D eigenvalue weighted by Crippen LogP contribution is 2.34. The third-order valence-electron chi connectivity index (χ3n) is 3.14. The molecule has 0 bridgehead atoms. The molecule has 98 valence electrons. The van der Waals surface area contributed by atoms with E-state index in [1.807, 2.05) is 23.8 Å². The highest BCUT2D eigenvalue weighted by Gasteiger charge is 2.19. The summed E-state index contributed by atoms with van der Waals surface area (Å²) in [7, 11) is 0. The van der Waals surface area contributed by atoms with Gasteiger partial charge < -0.3 is 15.2 Å². The van der Waals surface area contributed by atoms with E-state index in [4.69, 9.17) is 4.74 Å². The molecule has 5 heteroatoms. The van der Waals surface area contributed by atoms with Crippen molar-refractivity contribution in [3.63, 3.8) is 0 Å². The third-order valence-corrected chi connectivity index (χ3v) is 4.02. The number of hydrogen-bond acceptors (Lipinski definition) is 4. The molecule has 1 aliphatic rings. The second-order valence-corrected chi connectivity index (χ2v) is 5.25. The van der Waals surface area contributed by atoms with Gasteiger partial charge in [0.25, 0.3) is 5.91 Å². The van der Waals surface area contributed by atoms with Crippen LogP contribution in [0.3, 0.4) is 0 Å². The number of nitrogens with one attached hydrogen (secondary N) is 1. The lowest BCUT2D eigenvalue weighted by Crippen LogP contribution is -2.25. The van der Waals surface area contributed by atoms with Crippen molar-refractivity contribution >= 4 is 22.9 Å². The van der Waals surface area contributed by atoms with Crippen molar-refractivity contribution in [1.29, 1.82) is 0 Å². The van der Waals surface area contributed by atoms with Gasteiger partial charge in [-0.25, -0.2) is 0 Å². The number of anilines is 1. The Balaban J connectivity index is 1.96. The van der Waals surface area contributed by atoms with E-state index in [2.05, 4.69) is 5.32 Å². The Hall–Kier alpha value is -1.85. The molecule has 4 nitrogen and oxygen atoms in total. The number of aliphatic hydroxyl groups excluding tert-OH is 1. The zero-order valence-electron chi connectivity index (χ0n) is 10.3. The van der Waals surface area contributed by atoms with Crippen molar-refractivity contribution in [1.82, 2.24) is 0 Å². The molecule has 1 unspecified atom stereocenters. The van der Waals surface area contributed by atoms with Crippen LogP contribution < -0.4 is 10.1 Å². The first kappa shape index (κ1) is 12.2. The number of hydrogen-bond donors (Lipinski definition) is 2. The predicted octanol–water partition coefficient (Wildman–Crippen LogP) is 2.47. The van der Waals surface area contributed by atoms with Gasteiger partial charge in [0, 0.05) is 0 Å². The van der Waals surface area contributed by atoms with Crippen molar-refractivity contribution in [2.45, 2.75) is 13.0 Å². The summed E-state index contributed by atoms with van der Waals surface area (Å²) in [5.74, 6) is 0.462. The van der Waals surface area contributed by atoms with Gasteiger partial charge in [0.05, 0.1) is 5.69 Å². The highest BCUT2D eigenvalue weighted by atomic mass is 32.1. The molecule has 0 fully saturated rings. The quantitative estimate of drug-likeness (QED) is 0.885. The number of thiophene rings is 1. The minimum Gasteiger partial charge on any atom is -0.482 e. The molecule has 1 aromatic heterocycles. The van der Waals surface area contributed by atoms with E-state index < -0.39 is 6.10 Å². The van der Waals surface area contributed by atoms with Crippen molar-refractivity contribution in [2.24, 2.45) is 0 Å². The lowest BCUT2D eigenvalue weighted by atomic mass is 10.0. The summed E-state index contributed by atoms with van der Waals surface area (Å²) in [6.45, 7) is 2.01. The Morgan fingerprint density at radius 2 is 2.26 bits per heavy atom. The van der Waals surface area contributed by atoms with E-state index in [1.165, 1.54) is 0 Å². The topological polar surface area (TPSA) is 58.6 Å². The minimum absolute atomic E-state index is 0.0402. The second kappa shape index (κ2) is 4.68. The molecule has 19 heavy (non-hydrogen) atoms. The Kier molecular flexibility index (Phi) is 3.00. The SMILES string of the molecule is Cc1cscc1C(O)c1ccc2c(c1)NC(=O)CO2. The molecular weight excluding hydrogens is 262 g/mol. The van der Waals surface area contributed by atoms with Gasteiger partial charge in [-0.1, -0.05) is 6.07 Å². The van der Waals surface area contributed by atoms with E-state index in [0.29, 0.717) is 11.4 Å². The number of benzene rings is 1. The van der Waals surface area contributed by atoms with Crippen molar-refractivity contribution < 1.29 is 14.6 Å². The van der Waals surface area contributed by atoms with Crippen molar-refractivity contribution in [2.75, 3.05) is 11.9 Å². The molecule has 0 spiro atoms. The maximum Gasteiger partial charge on any atom is 0.262 e. The Morgan fingerprint density at radius 1 is 1.42 bits per heavy atom. The van der Waals surface area contributed by atoms with Crippen LogP contribution in [0.2, 0.25) is 0 Å². The normalized spacial score (nSPS) is 15.4. The number of amides is 1. The molecular formula is C14H13NO3S. The smallest absolute Gasteiger partial charge is 0.262 e. The molecule has 3 rings (SSSR count). The standard InChI is InChI=1S/C14H13NO3S/c1-8-6-19-7-10(8)14(17)9-2-3-12-11(4-9)15-13(16)5-18-12/h2-4,6-7,14,17H,5H2,1H3,(H,15,16). The van der Waals surface area contributed by atoms with Crippen molar-refractivity contribution in [3.8, 4) is 5.75 Å². The molecule has 0 saturated carbocycles. The van der Waals surface area contributed by atoms with Crippen molar-refractivity contribution in [3.05, 3.63) is 45.6 Å². The molecule has 1 aliphatic heterocycles. The van der Waals surface area contributed by atoms with E-state index in [-0.39, 0.29) is 12.5 Å². The highest BCUT2D eigenvalue weighted by molar-refractivity contribution is 7.08. The van der Waals surface area contributed by atoms with E-state index in [0.717, 1.165) is 16.7 Å². The Morgan fingerprint density at radius 3 is 3.00 bits per heavy atom. The van der Waals surface area contributed by atoms with Crippen LogP contribution >= 0.6 is 11.3 Å². The Labute approximate surface area is 114 Å². The lowest BCUT2D eigenvalue weighted by Gasteiger charge is -2.20. The first-order valence-electron chi connectivity index (χ1n) is 5.92. The molecule has 1 atom stereocenters. The summed E-state index contributed by atoms with van der Waals surface area (Å²) in [6.07, 6.45) is -0.685. The largest absolute Gasteiger partial charge is 0.482 e. The van der Waals surface area contributed by atoms with Gasteiger partial charge in [0.15, 0.2) is 6.61 Å². The van der Waals surface area contributed by atoms with Crippen LogP contribution in [0.4, 0.5) is 5.69 Å². The molecule has 0 saturated heterocycles. The fourth-order valence-electron chi connectivity index (χ4n) is 2.10. The summed E-state index contributed by atoms with van der Waals surface area (Å²) in [5, 5.41) is 17.1. The molecule has 2 heterocycles. The average Bonchev–Trinajstić information content (AvgIpc) is 2.83. The van der Waals surface area contributed by atoms with Gasteiger partial charge in [-0.3, -0.25) is 4.79 Å². The lowest BCUT2D eigenvalue weighted by molar-refractivity contribution is -0.118. The van der Waals surface area contributed by atoms with Crippen LogP contribution in [0.15, 0.2) is 29.0 Å². The number of aliphatic hydroxyl groups is 1. The monoisotopic (exact) mass is 275 g/mol. The van der Waals surface area contributed by atoms with Crippen LogP contribution in [-0.2, 0) is 4.79 Å². The van der Waals surface area contributed by atoms with Gasteiger partial charge in [-0.15, -0.1) is 0 Å². The van der Waals surface area contributed by atoms with E-state index in [9.17, 15) is 9.90 Å². The minimum atomic E-state index is -0.685. The summed E-state index contributed by atoms with van der Waals surface area (Å²) in [6, 6.07) is 5.35. The van der Waals surface area contributed by atoms with Gasteiger partial charge in [0.2, 0.25) is 0 Å². The van der Waals surface area contributed by atoms with E-state index >= 15 is 0 Å². The summed E-state index contributed by atoms with van der Waals surface area (Å²) >= 11 is 1.56. The predicted molar refractivity (Wildman–Crippen MR) is 73.7 cm³/mol. The number of fused-ring (bicyclic) bond motifs is 1. The number of aryl methyl sites for hydroxylation is 1. The maximum absolute atomic E-state index is 11.3. The van der Waals surface area contributed by atoms with Crippen LogP contribution in [0.5, 0.6) is 5.75 Å². The zero-order valence-corrected chi connectivity index (χ0v) is 11.2. The first-order chi connectivity index (χ1) is 9.15. The molecule has 0 aliphatic carbocycles. The van der Waals surface area contributed by atoms with Crippen LogP contribution in [0.25, 0.3) is 0 Å². The zero-order chi connectivity index (χ0) is 13.4. The van der Waals surface area contributed by atoms with Gasteiger partial charge in [0.1, 0.15) is 11.9 Å². The summed E-state index contributed by atoms with van der Waals surface area (Å²) < 4.78 is 5.29. The third kappa shape index (κ3) is 2.22. The first-order valence-corrected chi connectivity index (χ1v) is 6.87. The van der Waals surface area contributed by atoms with E-state index in [1.54, 1.807) is 23.5 Å². The second-order valence-electron chi connectivity index (χ2n) is 4.51. The Bertz CT molecular complexity index is 635.